The Morgan fingerprint density at radius 2 is 2.19 bits per heavy atom. The SMILES string of the molecule is CC(=O)NC1CCN(C(=O)c2cccc([N+](=O)[O-])c2Cl)C1. The van der Waals surface area contributed by atoms with Crippen LogP contribution < -0.4 is 5.32 Å². The fourth-order valence-electron chi connectivity index (χ4n) is 2.35. The number of nitro groups is 1. The molecule has 21 heavy (non-hydrogen) atoms. The summed E-state index contributed by atoms with van der Waals surface area (Å²) >= 11 is 5.94. The van der Waals surface area contributed by atoms with Gasteiger partial charge in [-0.1, -0.05) is 17.7 Å². The second-order valence-electron chi connectivity index (χ2n) is 4.83. The Labute approximate surface area is 126 Å². The fraction of sp³-hybridized carbons (Fsp3) is 0.385. The van der Waals surface area contributed by atoms with Crippen molar-refractivity contribution in [3.8, 4) is 0 Å². The highest BCUT2D eigenvalue weighted by Crippen LogP contribution is 2.29. The van der Waals surface area contributed by atoms with Crippen LogP contribution in [0.3, 0.4) is 0 Å². The third-order valence-corrected chi connectivity index (χ3v) is 3.69. The Hall–Kier alpha value is -2.15. The molecule has 1 N–H and O–H groups in total. The molecule has 0 saturated carbocycles. The summed E-state index contributed by atoms with van der Waals surface area (Å²) in [6, 6.07) is 4.05. The van der Waals surface area contributed by atoms with Gasteiger partial charge in [0.25, 0.3) is 11.6 Å². The number of nitrogens with one attached hydrogen (secondary N) is 1. The van der Waals surface area contributed by atoms with Crippen molar-refractivity contribution in [2.45, 2.75) is 19.4 Å². The summed E-state index contributed by atoms with van der Waals surface area (Å²) in [4.78, 5) is 35.1. The van der Waals surface area contributed by atoms with Gasteiger partial charge in [-0.3, -0.25) is 19.7 Å². The lowest BCUT2D eigenvalue weighted by atomic mass is 10.1. The van der Waals surface area contributed by atoms with Crippen LogP contribution in [0.25, 0.3) is 0 Å². The molecule has 0 aliphatic carbocycles. The van der Waals surface area contributed by atoms with Crippen LogP contribution >= 0.6 is 11.6 Å². The standard InChI is InChI=1S/C13H14ClN3O4/c1-8(18)15-9-5-6-16(7-9)13(19)10-3-2-4-11(12(10)14)17(20)21/h2-4,9H,5-7H2,1H3,(H,15,18). The van der Waals surface area contributed by atoms with Gasteiger partial charge in [-0.2, -0.15) is 0 Å². The van der Waals surface area contributed by atoms with Crippen LogP contribution in [-0.4, -0.2) is 40.8 Å². The second kappa shape index (κ2) is 6.09. The average molecular weight is 312 g/mol. The Bertz CT molecular complexity index is 605. The van der Waals surface area contributed by atoms with E-state index in [1.807, 2.05) is 0 Å². The lowest BCUT2D eigenvalue weighted by Gasteiger charge is -2.17. The molecule has 1 aromatic carbocycles. The number of carbonyl (C=O) groups is 2. The molecule has 1 saturated heterocycles. The predicted molar refractivity (Wildman–Crippen MR) is 76.2 cm³/mol. The van der Waals surface area contributed by atoms with Gasteiger partial charge in [0.05, 0.1) is 10.5 Å². The van der Waals surface area contributed by atoms with E-state index in [1.54, 1.807) is 0 Å². The largest absolute Gasteiger partial charge is 0.352 e. The number of likely N-dealkylation sites (tertiary alicyclic amines) is 1. The van der Waals surface area contributed by atoms with Gasteiger partial charge in [-0.15, -0.1) is 0 Å². The number of nitro benzene ring substituents is 1. The third kappa shape index (κ3) is 3.30. The molecule has 2 rings (SSSR count). The van der Waals surface area contributed by atoms with Crippen molar-refractivity contribution in [2.75, 3.05) is 13.1 Å². The molecule has 1 aliphatic heterocycles. The van der Waals surface area contributed by atoms with E-state index in [-0.39, 0.29) is 34.1 Å². The molecule has 0 spiro atoms. The highest BCUT2D eigenvalue weighted by molar-refractivity contribution is 6.35. The van der Waals surface area contributed by atoms with Gasteiger partial charge in [0.2, 0.25) is 5.91 Å². The van der Waals surface area contributed by atoms with Gasteiger partial charge in [-0.05, 0) is 12.5 Å². The van der Waals surface area contributed by atoms with Crippen molar-refractivity contribution in [3.05, 3.63) is 38.9 Å². The van der Waals surface area contributed by atoms with Crippen molar-refractivity contribution < 1.29 is 14.5 Å². The first-order valence-electron chi connectivity index (χ1n) is 6.39. The molecule has 0 aromatic heterocycles. The molecular formula is C13H14ClN3O4. The first kappa shape index (κ1) is 15.2. The summed E-state index contributed by atoms with van der Waals surface area (Å²) < 4.78 is 0. The summed E-state index contributed by atoms with van der Waals surface area (Å²) in [6.45, 7) is 2.27. The van der Waals surface area contributed by atoms with E-state index >= 15 is 0 Å². The summed E-state index contributed by atoms with van der Waals surface area (Å²) in [6.07, 6.45) is 0.651. The normalized spacial score (nSPS) is 17.6. The number of rotatable bonds is 3. The highest BCUT2D eigenvalue weighted by Gasteiger charge is 2.30. The van der Waals surface area contributed by atoms with Crippen molar-refractivity contribution in [1.82, 2.24) is 10.2 Å². The highest BCUT2D eigenvalue weighted by atomic mass is 35.5. The Morgan fingerprint density at radius 1 is 1.48 bits per heavy atom. The minimum Gasteiger partial charge on any atom is -0.352 e. The van der Waals surface area contributed by atoms with Crippen molar-refractivity contribution in [3.63, 3.8) is 0 Å². The van der Waals surface area contributed by atoms with E-state index in [9.17, 15) is 19.7 Å². The number of hydrogen-bond donors (Lipinski definition) is 1. The van der Waals surface area contributed by atoms with Gasteiger partial charge in [0.15, 0.2) is 0 Å². The van der Waals surface area contributed by atoms with Crippen LogP contribution in [0.2, 0.25) is 5.02 Å². The predicted octanol–water partition coefficient (Wildman–Crippen LogP) is 1.60. The first-order chi connectivity index (χ1) is 9.90. The molecule has 1 atom stereocenters. The molecule has 1 heterocycles. The maximum Gasteiger partial charge on any atom is 0.288 e. The van der Waals surface area contributed by atoms with E-state index in [1.165, 1.54) is 30.0 Å². The number of halogens is 1. The Morgan fingerprint density at radius 3 is 2.81 bits per heavy atom. The van der Waals surface area contributed by atoms with Crippen LogP contribution in [0.5, 0.6) is 0 Å². The molecule has 1 aliphatic rings. The molecular weight excluding hydrogens is 298 g/mol. The summed E-state index contributed by atoms with van der Waals surface area (Å²) in [5.41, 5.74) is -0.186. The zero-order chi connectivity index (χ0) is 15.6. The summed E-state index contributed by atoms with van der Waals surface area (Å²) in [7, 11) is 0. The minimum absolute atomic E-state index is 0.0936. The monoisotopic (exact) mass is 311 g/mol. The maximum absolute atomic E-state index is 12.4. The number of amides is 2. The third-order valence-electron chi connectivity index (χ3n) is 3.29. The van der Waals surface area contributed by atoms with E-state index < -0.39 is 4.92 Å². The second-order valence-corrected chi connectivity index (χ2v) is 5.21. The van der Waals surface area contributed by atoms with Crippen LogP contribution in [0.15, 0.2) is 18.2 Å². The van der Waals surface area contributed by atoms with Gasteiger partial charge in [0, 0.05) is 32.1 Å². The molecule has 7 nitrogen and oxygen atoms in total. The van der Waals surface area contributed by atoms with Crippen LogP contribution in [-0.2, 0) is 4.79 Å². The van der Waals surface area contributed by atoms with E-state index in [0.29, 0.717) is 19.5 Å². The van der Waals surface area contributed by atoms with Gasteiger partial charge < -0.3 is 10.2 Å². The minimum atomic E-state index is -0.622. The van der Waals surface area contributed by atoms with Gasteiger partial charge in [0.1, 0.15) is 5.02 Å². The summed E-state index contributed by atoms with van der Waals surface area (Å²) in [5, 5.41) is 13.4. The quantitative estimate of drug-likeness (QED) is 0.678. The van der Waals surface area contributed by atoms with Crippen LogP contribution in [0, 0.1) is 10.1 Å². The zero-order valence-electron chi connectivity index (χ0n) is 11.3. The average Bonchev–Trinajstić information content (AvgIpc) is 2.85. The smallest absolute Gasteiger partial charge is 0.288 e. The lowest BCUT2D eigenvalue weighted by Crippen LogP contribution is -2.37. The Balaban J connectivity index is 2.16. The zero-order valence-corrected chi connectivity index (χ0v) is 12.1. The molecule has 112 valence electrons. The molecule has 1 fully saturated rings. The maximum atomic E-state index is 12.4. The number of hydrogen-bond acceptors (Lipinski definition) is 4. The van der Waals surface area contributed by atoms with Crippen molar-refractivity contribution >= 4 is 29.1 Å². The molecule has 0 bridgehead atoms. The van der Waals surface area contributed by atoms with Crippen molar-refractivity contribution in [2.24, 2.45) is 0 Å². The molecule has 0 radical (unpaired) electrons. The topological polar surface area (TPSA) is 92.6 Å². The molecule has 2 amide bonds. The van der Waals surface area contributed by atoms with Gasteiger partial charge >= 0.3 is 0 Å². The number of benzene rings is 1. The number of carbonyl (C=O) groups excluding carboxylic acids is 2. The van der Waals surface area contributed by atoms with Crippen molar-refractivity contribution in [1.29, 1.82) is 0 Å². The van der Waals surface area contributed by atoms with Gasteiger partial charge in [-0.25, -0.2) is 0 Å². The van der Waals surface area contributed by atoms with Crippen LogP contribution in [0.1, 0.15) is 23.7 Å². The summed E-state index contributed by atoms with van der Waals surface area (Å²) in [5.74, 6) is -0.515. The molecule has 8 heteroatoms. The Kier molecular flexibility index (Phi) is 4.42. The molecule has 1 aromatic rings. The number of nitrogens with zero attached hydrogens (tertiary/aromatic N) is 2. The fourth-order valence-corrected chi connectivity index (χ4v) is 2.62. The van der Waals surface area contributed by atoms with E-state index in [4.69, 9.17) is 11.6 Å². The molecule has 1 unspecified atom stereocenters. The lowest BCUT2D eigenvalue weighted by molar-refractivity contribution is -0.384. The van der Waals surface area contributed by atoms with Crippen LogP contribution in [0.4, 0.5) is 5.69 Å². The van der Waals surface area contributed by atoms with E-state index in [2.05, 4.69) is 5.32 Å². The van der Waals surface area contributed by atoms with E-state index in [0.717, 1.165) is 0 Å². The first-order valence-corrected chi connectivity index (χ1v) is 6.77.